The smallest absolute Gasteiger partial charge is 0.0602 e. The monoisotopic (exact) mass is 420 g/mol. The lowest BCUT2D eigenvalue weighted by molar-refractivity contribution is -0.207. The summed E-state index contributed by atoms with van der Waals surface area (Å²) in [5.74, 6) is 2.75. The quantitative estimate of drug-likeness (QED) is 0.572. The first-order valence-corrected chi connectivity index (χ1v) is 12.9. The zero-order valence-electron chi connectivity index (χ0n) is 20.4. The summed E-state index contributed by atoms with van der Waals surface area (Å²) in [7, 11) is 0. The van der Waals surface area contributed by atoms with E-state index in [-0.39, 0.29) is 29.1 Å². The molecule has 0 amide bonds. The average Bonchev–Trinajstić information content (AvgIpc) is 3.00. The maximum absolute atomic E-state index is 11.6. The third kappa shape index (κ3) is 3.59. The summed E-state index contributed by atoms with van der Waals surface area (Å²) >= 11 is 0. The molecule has 30 heavy (non-hydrogen) atoms. The van der Waals surface area contributed by atoms with E-state index in [2.05, 4.69) is 41.5 Å². The van der Waals surface area contributed by atoms with Gasteiger partial charge in [0.05, 0.1) is 18.3 Å². The second-order valence-electron chi connectivity index (χ2n) is 13.6. The van der Waals surface area contributed by atoms with Crippen molar-refractivity contribution in [3.8, 4) is 0 Å². The molecule has 0 aromatic heterocycles. The molecule has 3 heteroatoms. The molecule has 4 rings (SSSR count). The van der Waals surface area contributed by atoms with Gasteiger partial charge in [0.25, 0.3) is 0 Å². The van der Waals surface area contributed by atoms with E-state index in [0.717, 1.165) is 32.1 Å². The van der Waals surface area contributed by atoms with Crippen LogP contribution in [0.5, 0.6) is 0 Å². The number of hydrogen-bond donors (Lipinski definition) is 3. The fourth-order valence-electron chi connectivity index (χ4n) is 8.99. The Morgan fingerprint density at radius 3 is 2.30 bits per heavy atom. The van der Waals surface area contributed by atoms with Gasteiger partial charge in [-0.1, -0.05) is 41.5 Å². The van der Waals surface area contributed by atoms with Gasteiger partial charge in [0, 0.05) is 0 Å². The van der Waals surface area contributed by atoms with Crippen LogP contribution in [0.4, 0.5) is 0 Å². The second kappa shape index (κ2) is 7.73. The molecule has 4 aliphatic carbocycles. The molecule has 0 aromatic rings. The summed E-state index contributed by atoms with van der Waals surface area (Å²) in [6, 6.07) is 0. The number of aliphatic hydroxyl groups is 3. The number of fused-ring (bicyclic) bond motifs is 5. The van der Waals surface area contributed by atoms with Gasteiger partial charge in [-0.2, -0.15) is 0 Å². The van der Waals surface area contributed by atoms with E-state index in [1.807, 2.05) is 0 Å². The maximum Gasteiger partial charge on any atom is 0.0602 e. The van der Waals surface area contributed by atoms with Crippen molar-refractivity contribution in [2.75, 3.05) is 0 Å². The van der Waals surface area contributed by atoms with Crippen LogP contribution in [-0.4, -0.2) is 33.6 Å². The van der Waals surface area contributed by atoms with Crippen LogP contribution in [0, 0.1) is 51.8 Å². The van der Waals surface area contributed by atoms with Gasteiger partial charge in [0.2, 0.25) is 0 Å². The first kappa shape index (κ1) is 23.1. The van der Waals surface area contributed by atoms with Crippen LogP contribution in [-0.2, 0) is 0 Å². The highest BCUT2D eigenvalue weighted by Crippen LogP contribution is 2.68. The molecule has 3 nitrogen and oxygen atoms in total. The van der Waals surface area contributed by atoms with Gasteiger partial charge in [0.15, 0.2) is 0 Å². The molecule has 0 saturated heterocycles. The number of rotatable bonds is 3. The van der Waals surface area contributed by atoms with Gasteiger partial charge in [-0.3, -0.25) is 0 Å². The first-order chi connectivity index (χ1) is 13.9. The van der Waals surface area contributed by atoms with Crippen LogP contribution in [0.1, 0.15) is 99.3 Å². The highest BCUT2D eigenvalue weighted by Gasteiger charge is 2.65. The fourth-order valence-corrected chi connectivity index (χ4v) is 8.99. The largest absolute Gasteiger partial charge is 0.393 e. The summed E-state index contributed by atoms with van der Waals surface area (Å²) in [5, 5.41) is 33.3. The standard InChI is InChI=1S/C27H48O3/c1-16(9-11-25(2,3)4)19-7-8-20-24-21(15-23(30)27(19,20)6)26(5)12-10-18(28)13-17(26)14-22(24)29/h16-24,28-30H,7-15H2,1-6H3. The Balaban J connectivity index is 1.59. The Morgan fingerprint density at radius 2 is 1.63 bits per heavy atom. The summed E-state index contributed by atoms with van der Waals surface area (Å²) < 4.78 is 0. The van der Waals surface area contributed by atoms with Crippen LogP contribution in [0.2, 0.25) is 0 Å². The minimum absolute atomic E-state index is 0.0587. The van der Waals surface area contributed by atoms with Gasteiger partial charge >= 0.3 is 0 Å². The van der Waals surface area contributed by atoms with Crippen LogP contribution in [0.3, 0.4) is 0 Å². The molecular weight excluding hydrogens is 372 g/mol. The average molecular weight is 421 g/mol. The van der Waals surface area contributed by atoms with E-state index >= 15 is 0 Å². The lowest BCUT2D eigenvalue weighted by Gasteiger charge is -2.63. The van der Waals surface area contributed by atoms with Gasteiger partial charge < -0.3 is 15.3 Å². The third-order valence-electron chi connectivity index (χ3n) is 10.9. The van der Waals surface area contributed by atoms with Crippen molar-refractivity contribution < 1.29 is 15.3 Å². The van der Waals surface area contributed by atoms with Crippen molar-refractivity contribution >= 4 is 0 Å². The predicted molar refractivity (Wildman–Crippen MR) is 122 cm³/mol. The lowest BCUT2D eigenvalue weighted by atomic mass is 9.43. The van der Waals surface area contributed by atoms with Crippen LogP contribution >= 0.6 is 0 Å². The first-order valence-electron chi connectivity index (χ1n) is 12.9. The zero-order chi connectivity index (χ0) is 22.1. The predicted octanol–water partition coefficient (Wildman–Crippen LogP) is 5.41. The van der Waals surface area contributed by atoms with Crippen LogP contribution in [0.15, 0.2) is 0 Å². The summed E-state index contributed by atoms with van der Waals surface area (Å²) in [6.07, 6.45) is 8.58. The molecule has 4 aliphatic rings. The molecule has 0 radical (unpaired) electrons. The Kier molecular flexibility index (Phi) is 5.94. The molecule has 3 N–H and O–H groups in total. The molecule has 0 bridgehead atoms. The van der Waals surface area contributed by atoms with E-state index in [0.29, 0.717) is 40.9 Å². The number of hydrogen-bond acceptors (Lipinski definition) is 3. The Labute approximate surface area is 185 Å². The lowest BCUT2D eigenvalue weighted by Crippen LogP contribution is -2.62. The van der Waals surface area contributed by atoms with E-state index in [1.54, 1.807) is 0 Å². The summed E-state index contributed by atoms with van der Waals surface area (Å²) in [6.45, 7) is 14.2. The van der Waals surface area contributed by atoms with Crippen LogP contribution < -0.4 is 0 Å². The van der Waals surface area contributed by atoms with E-state index in [4.69, 9.17) is 0 Å². The van der Waals surface area contributed by atoms with Crippen molar-refractivity contribution in [2.24, 2.45) is 51.8 Å². The Morgan fingerprint density at radius 1 is 0.933 bits per heavy atom. The fraction of sp³-hybridized carbons (Fsp3) is 1.00. The Hall–Kier alpha value is -0.120. The molecule has 11 atom stereocenters. The van der Waals surface area contributed by atoms with Gasteiger partial charge in [-0.05, 0) is 110 Å². The molecule has 4 saturated carbocycles. The molecule has 0 aliphatic heterocycles. The molecule has 174 valence electrons. The molecule has 4 fully saturated rings. The topological polar surface area (TPSA) is 60.7 Å². The van der Waals surface area contributed by atoms with Crippen molar-refractivity contribution in [3.05, 3.63) is 0 Å². The van der Waals surface area contributed by atoms with Crippen molar-refractivity contribution in [1.29, 1.82) is 0 Å². The molecular formula is C27H48O3. The SMILES string of the molecule is CC(CCC(C)(C)C)C1CCC2C3C(O)CC4CC(O)CCC4(C)C3CC(O)C12C. The molecule has 0 aromatic carbocycles. The van der Waals surface area contributed by atoms with Crippen LogP contribution in [0.25, 0.3) is 0 Å². The summed E-state index contributed by atoms with van der Waals surface area (Å²) in [4.78, 5) is 0. The summed E-state index contributed by atoms with van der Waals surface area (Å²) in [5.41, 5.74) is 0.469. The van der Waals surface area contributed by atoms with Crippen molar-refractivity contribution in [1.82, 2.24) is 0 Å². The highest BCUT2D eigenvalue weighted by atomic mass is 16.3. The highest BCUT2D eigenvalue weighted by molar-refractivity contribution is 5.14. The number of aliphatic hydroxyl groups excluding tert-OH is 3. The molecule has 0 spiro atoms. The third-order valence-corrected chi connectivity index (χ3v) is 10.9. The molecule has 11 unspecified atom stereocenters. The maximum atomic E-state index is 11.6. The van der Waals surface area contributed by atoms with E-state index < -0.39 is 0 Å². The zero-order valence-corrected chi connectivity index (χ0v) is 20.4. The van der Waals surface area contributed by atoms with E-state index in [9.17, 15) is 15.3 Å². The van der Waals surface area contributed by atoms with Gasteiger partial charge in [-0.15, -0.1) is 0 Å². The minimum Gasteiger partial charge on any atom is -0.393 e. The van der Waals surface area contributed by atoms with Gasteiger partial charge in [-0.25, -0.2) is 0 Å². The minimum atomic E-state index is -0.265. The van der Waals surface area contributed by atoms with Gasteiger partial charge in [0.1, 0.15) is 0 Å². The van der Waals surface area contributed by atoms with E-state index in [1.165, 1.54) is 25.7 Å². The normalized spacial score (nSPS) is 52.3. The van der Waals surface area contributed by atoms with Crippen molar-refractivity contribution in [3.63, 3.8) is 0 Å². The Bertz CT molecular complexity index is 626. The second-order valence-corrected chi connectivity index (χ2v) is 13.6. The van der Waals surface area contributed by atoms with Crippen molar-refractivity contribution in [2.45, 2.75) is 118 Å². The molecule has 0 heterocycles.